The molecule has 22 heavy (non-hydrogen) atoms. The molecule has 0 unspecified atom stereocenters. The molecule has 6 nitrogen and oxygen atoms in total. The molecule has 0 aromatic heterocycles. The fourth-order valence-corrected chi connectivity index (χ4v) is 1.88. The van der Waals surface area contributed by atoms with E-state index in [-0.39, 0.29) is 5.60 Å². The van der Waals surface area contributed by atoms with Crippen LogP contribution in [-0.2, 0) is 25.8 Å². The smallest absolute Gasteiger partial charge is 0.280 e. The molecule has 2 rings (SSSR count). The number of ether oxygens (including phenoxy) is 2. The molecule has 1 aliphatic heterocycles. The Kier molecular flexibility index (Phi) is 5.38. The SMILES string of the molecule is CON=C(C1=NOCCO1)c1ccccc1COC(C)(C)C. The van der Waals surface area contributed by atoms with Crippen molar-refractivity contribution in [2.24, 2.45) is 10.3 Å². The molecule has 0 atom stereocenters. The summed E-state index contributed by atoms with van der Waals surface area (Å²) >= 11 is 0. The molecule has 0 bridgehead atoms. The average Bonchev–Trinajstić information content (AvgIpc) is 2.51. The van der Waals surface area contributed by atoms with Crippen LogP contribution in [0.5, 0.6) is 0 Å². The lowest BCUT2D eigenvalue weighted by molar-refractivity contribution is -0.0150. The van der Waals surface area contributed by atoms with E-state index >= 15 is 0 Å². The molecule has 0 saturated heterocycles. The van der Waals surface area contributed by atoms with Crippen LogP contribution in [0, 0.1) is 0 Å². The van der Waals surface area contributed by atoms with Gasteiger partial charge in [0.1, 0.15) is 13.7 Å². The average molecular weight is 306 g/mol. The molecular formula is C16H22N2O4. The van der Waals surface area contributed by atoms with Gasteiger partial charge >= 0.3 is 0 Å². The molecule has 120 valence electrons. The van der Waals surface area contributed by atoms with Crippen molar-refractivity contribution >= 4 is 11.6 Å². The summed E-state index contributed by atoms with van der Waals surface area (Å²) in [4.78, 5) is 10.0. The van der Waals surface area contributed by atoms with Gasteiger partial charge in [-0.2, -0.15) is 0 Å². The highest BCUT2D eigenvalue weighted by molar-refractivity contribution is 6.45. The van der Waals surface area contributed by atoms with E-state index in [9.17, 15) is 0 Å². The van der Waals surface area contributed by atoms with Crippen molar-refractivity contribution in [1.29, 1.82) is 0 Å². The maximum Gasteiger partial charge on any atom is 0.280 e. The largest absolute Gasteiger partial charge is 0.470 e. The van der Waals surface area contributed by atoms with Crippen LogP contribution < -0.4 is 0 Å². The summed E-state index contributed by atoms with van der Waals surface area (Å²) in [5.74, 6) is 0.316. The highest BCUT2D eigenvalue weighted by atomic mass is 16.7. The van der Waals surface area contributed by atoms with Gasteiger partial charge in [-0.25, -0.2) is 0 Å². The van der Waals surface area contributed by atoms with Crippen molar-refractivity contribution in [3.63, 3.8) is 0 Å². The first-order valence-electron chi connectivity index (χ1n) is 7.18. The summed E-state index contributed by atoms with van der Waals surface area (Å²) in [6.45, 7) is 7.36. The molecule has 1 aromatic rings. The standard InChI is InChI=1S/C16H22N2O4/c1-16(2,3)21-11-12-7-5-6-8-13(12)14(17-19-4)15-18-22-10-9-20-15/h5-8H,9-11H2,1-4H3. The van der Waals surface area contributed by atoms with E-state index in [0.717, 1.165) is 11.1 Å². The lowest BCUT2D eigenvalue weighted by atomic mass is 10.0. The van der Waals surface area contributed by atoms with E-state index in [1.165, 1.54) is 7.11 Å². The normalized spacial score (nSPS) is 15.6. The van der Waals surface area contributed by atoms with Gasteiger partial charge in [-0.1, -0.05) is 29.4 Å². The predicted octanol–water partition coefficient (Wildman–Crippen LogP) is 2.71. The van der Waals surface area contributed by atoms with Gasteiger partial charge in [0.25, 0.3) is 5.90 Å². The zero-order valence-electron chi connectivity index (χ0n) is 13.5. The first-order chi connectivity index (χ1) is 10.5. The molecular weight excluding hydrogens is 284 g/mol. The molecule has 1 heterocycles. The van der Waals surface area contributed by atoms with Gasteiger partial charge in [0, 0.05) is 5.56 Å². The van der Waals surface area contributed by atoms with Gasteiger partial charge in [-0.3, -0.25) is 0 Å². The molecule has 0 fully saturated rings. The van der Waals surface area contributed by atoms with Crippen LogP contribution in [0.4, 0.5) is 0 Å². The van der Waals surface area contributed by atoms with Crippen molar-refractivity contribution in [1.82, 2.24) is 0 Å². The van der Waals surface area contributed by atoms with Crippen LogP contribution in [0.15, 0.2) is 34.6 Å². The Balaban J connectivity index is 2.32. The van der Waals surface area contributed by atoms with Crippen molar-refractivity contribution in [3.05, 3.63) is 35.4 Å². The second kappa shape index (κ2) is 7.26. The number of rotatable bonds is 5. The summed E-state index contributed by atoms with van der Waals surface area (Å²) in [5, 5.41) is 7.97. The van der Waals surface area contributed by atoms with E-state index in [4.69, 9.17) is 19.1 Å². The van der Waals surface area contributed by atoms with Crippen molar-refractivity contribution in [3.8, 4) is 0 Å². The Morgan fingerprint density at radius 3 is 2.68 bits per heavy atom. The number of benzene rings is 1. The van der Waals surface area contributed by atoms with Gasteiger partial charge in [0.15, 0.2) is 12.3 Å². The van der Waals surface area contributed by atoms with Crippen LogP contribution in [-0.4, -0.2) is 37.5 Å². The van der Waals surface area contributed by atoms with Gasteiger partial charge in [-0.15, -0.1) is 0 Å². The lowest BCUT2D eigenvalue weighted by Gasteiger charge is -2.21. The third-order valence-corrected chi connectivity index (χ3v) is 2.88. The highest BCUT2D eigenvalue weighted by Crippen LogP contribution is 2.18. The second-order valence-electron chi connectivity index (χ2n) is 5.76. The Morgan fingerprint density at radius 2 is 2.05 bits per heavy atom. The number of oxime groups is 2. The van der Waals surface area contributed by atoms with Crippen LogP contribution >= 0.6 is 0 Å². The van der Waals surface area contributed by atoms with Crippen LogP contribution in [0.1, 0.15) is 31.9 Å². The van der Waals surface area contributed by atoms with Gasteiger partial charge in [-0.05, 0) is 31.5 Å². The summed E-state index contributed by atoms with van der Waals surface area (Å²) in [6, 6.07) is 7.79. The molecule has 0 radical (unpaired) electrons. The second-order valence-corrected chi connectivity index (χ2v) is 5.76. The Hall–Kier alpha value is -2.08. The van der Waals surface area contributed by atoms with E-state index in [1.54, 1.807) is 0 Å². The Bertz CT molecular complexity index is 562. The molecule has 0 spiro atoms. The Labute approximate surface area is 130 Å². The molecule has 0 N–H and O–H groups in total. The maximum atomic E-state index is 5.86. The van der Waals surface area contributed by atoms with Crippen LogP contribution in [0.2, 0.25) is 0 Å². The fraction of sp³-hybridized carbons (Fsp3) is 0.500. The third kappa shape index (κ3) is 4.46. The fourth-order valence-electron chi connectivity index (χ4n) is 1.88. The first-order valence-corrected chi connectivity index (χ1v) is 7.18. The zero-order valence-corrected chi connectivity index (χ0v) is 13.5. The molecule has 1 aliphatic rings. The minimum Gasteiger partial charge on any atom is -0.470 e. The predicted molar refractivity (Wildman–Crippen MR) is 83.9 cm³/mol. The minimum absolute atomic E-state index is 0.229. The van der Waals surface area contributed by atoms with Crippen molar-refractivity contribution < 1.29 is 19.1 Å². The van der Waals surface area contributed by atoms with Crippen molar-refractivity contribution in [2.75, 3.05) is 20.3 Å². The highest BCUT2D eigenvalue weighted by Gasteiger charge is 2.22. The van der Waals surface area contributed by atoms with Gasteiger partial charge < -0.3 is 19.1 Å². The first kappa shape index (κ1) is 16.3. The van der Waals surface area contributed by atoms with Gasteiger partial charge in [0.2, 0.25) is 0 Å². The number of hydrogen-bond acceptors (Lipinski definition) is 6. The monoisotopic (exact) mass is 306 g/mol. The van der Waals surface area contributed by atoms with E-state index in [1.807, 2.05) is 45.0 Å². The molecule has 0 aliphatic carbocycles. The molecule has 6 heteroatoms. The van der Waals surface area contributed by atoms with Crippen LogP contribution in [0.3, 0.4) is 0 Å². The van der Waals surface area contributed by atoms with Gasteiger partial charge in [0.05, 0.1) is 12.2 Å². The van der Waals surface area contributed by atoms with Crippen LogP contribution in [0.25, 0.3) is 0 Å². The summed E-state index contributed by atoms with van der Waals surface area (Å²) in [6.07, 6.45) is 0. The Morgan fingerprint density at radius 1 is 1.27 bits per heavy atom. The zero-order chi connectivity index (χ0) is 16.0. The quantitative estimate of drug-likeness (QED) is 0.620. The topological polar surface area (TPSA) is 61.6 Å². The van der Waals surface area contributed by atoms with Crippen molar-refractivity contribution in [2.45, 2.75) is 33.0 Å². The summed E-state index contributed by atoms with van der Waals surface area (Å²) < 4.78 is 11.4. The molecule has 1 aromatic carbocycles. The van der Waals surface area contributed by atoms with E-state index < -0.39 is 0 Å². The maximum absolute atomic E-state index is 5.86. The summed E-state index contributed by atoms with van der Waals surface area (Å²) in [5.41, 5.74) is 2.09. The number of nitrogens with zero attached hydrogens (tertiary/aromatic N) is 2. The molecule has 0 saturated carbocycles. The third-order valence-electron chi connectivity index (χ3n) is 2.88. The summed E-state index contributed by atoms with van der Waals surface area (Å²) in [7, 11) is 1.48. The van der Waals surface area contributed by atoms with E-state index in [0.29, 0.717) is 31.4 Å². The number of hydrogen-bond donors (Lipinski definition) is 0. The lowest BCUT2D eigenvalue weighted by Crippen LogP contribution is -2.27. The van der Waals surface area contributed by atoms with E-state index in [2.05, 4.69) is 10.3 Å². The molecule has 0 amide bonds. The minimum atomic E-state index is -0.229.